The standard InChI is InChI=1S/C39H31N3O4/c1-23-27-11-4-6-14-30(27)34(31-15-7-5-12-28(23)31)36-35-37(46-41(36)22-25-19-17-24(18-20-25)21-33(40)43)39(45)42(38(35)44)32-16-8-10-26-9-2-3-13-29(26)32/h2-20,35-37H,21-22H2,1H3,(H2,40,43). The Labute approximate surface area is 265 Å². The molecule has 2 N–H and O–H groups in total. The van der Waals surface area contributed by atoms with Crippen molar-refractivity contribution in [2.24, 2.45) is 11.7 Å². The number of hydroxylamine groups is 2. The number of primary amides is 1. The van der Waals surface area contributed by atoms with Gasteiger partial charge in [0.15, 0.2) is 6.10 Å². The molecule has 7 nitrogen and oxygen atoms in total. The van der Waals surface area contributed by atoms with E-state index in [2.05, 4.69) is 31.2 Å². The first-order chi connectivity index (χ1) is 22.4. The van der Waals surface area contributed by atoms with Gasteiger partial charge in [0.05, 0.1) is 24.1 Å². The molecule has 3 unspecified atom stereocenters. The first-order valence-corrected chi connectivity index (χ1v) is 15.5. The summed E-state index contributed by atoms with van der Waals surface area (Å²) in [4.78, 5) is 48.3. The van der Waals surface area contributed by atoms with Gasteiger partial charge in [-0.15, -0.1) is 0 Å². The van der Waals surface area contributed by atoms with Gasteiger partial charge in [-0.05, 0) is 62.2 Å². The third kappa shape index (κ3) is 4.39. The number of aryl methyl sites for hydroxylation is 1. The summed E-state index contributed by atoms with van der Waals surface area (Å²) in [6.07, 6.45) is -0.828. The van der Waals surface area contributed by atoms with Crippen molar-refractivity contribution in [2.45, 2.75) is 32.0 Å². The molecule has 2 aliphatic heterocycles. The predicted molar refractivity (Wildman–Crippen MR) is 179 cm³/mol. The molecule has 0 saturated carbocycles. The van der Waals surface area contributed by atoms with Crippen molar-refractivity contribution in [1.29, 1.82) is 0 Å². The highest BCUT2D eigenvalue weighted by Crippen LogP contribution is 2.50. The third-order valence-electron chi connectivity index (χ3n) is 9.48. The molecular weight excluding hydrogens is 574 g/mol. The van der Waals surface area contributed by atoms with Gasteiger partial charge in [0.2, 0.25) is 11.8 Å². The maximum Gasteiger partial charge on any atom is 0.265 e. The summed E-state index contributed by atoms with van der Waals surface area (Å²) in [6.45, 7) is 2.46. The van der Waals surface area contributed by atoms with E-state index in [1.807, 2.05) is 96.1 Å². The predicted octanol–water partition coefficient (Wildman–Crippen LogP) is 6.53. The van der Waals surface area contributed by atoms with Crippen LogP contribution in [0.3, 0.4) is 0 Å². The number of fused-ring (bicyclic) bond motifs is 4. The largest absolute Gasteiger partial charge is 0.369 e. The fourth-order valence-electron chi connectivity index (χ4n) is 7.41. The van der Waals surface area contributed by atoms with Crippen LogP contribution in [0.1, 0.15) is 28.3 Å². The number of amides is 3. The molecule has 3 atom stereocenters. The molecule has 7 heteroatoms. The number of nitrogens with two attached hydrogens (primary N) is 1. The average Bonchev–Trinajstić information content (AvgIpc) is 3.55. The quantitative estimate of drug-likeness (QED) is 0.172. The fourth-order valence-corrected chi connectivity index (χ4v) is 7.41. The Hall–Kier alpha value is -5.37. The number of nitrogens with zero attached hydrogens (tertiary/aromatic N) is 2. The van der Waals surface area contributed by atoms with Crippen LogP contribution in [0.4, 0.5) is 5.69 Å². The summed E-state index contributed by atoms with van der Waals surface area (Å²) in [5, 5.41) is 7.85. The molecule has 2 fully saturated rings. The van der Waals surface area contributed by atoms with E-state index < -0.39 is 24.0 Å². The second kappa shape index (κ2) is 10.9. The van der Waals surface area contributed by atoms with E-state index in [-0.39, 0.29) is 18.2 Å². The van der Waals surface area contributed by atoms with E-state index in [9.17, 15) is 14.4 Å². The number of carbonyl (C=O) groups is 3. The summed E-state index contributed by atoms with van der Waals surface area (Å²) < 4.78 is 0. The Kier molecular flexibility index (Phi) is 6.67. The molecular formula is C39H31N3O4. The zero-order chi connectivity index (χ0) is 31.5. The second-order valence-corrected chi connectivity index (χ2v) is 12.2. The average molecular weight is 606 g/mol. The molecule has 46 heavy (non-hydrogen) atoms. The minimum absolute atomic E-state index is 0.154. The molecule has 0 radical (unpaired) electrons. The molecule has 0 aromatic heterocycles. The van der Waals surface area contributed by atoms with Crippen LogP contribution in [0.2, 0.25) is 0 Å². The van der Waals surface area contributed by atoms with E-state index in [0.717, 1.165) is 54.6 Å². The van der Waals surface area contributed by atoms with Gasteiger partial charge in [-0.2, -0.15) is 5.06 Å². The Morgan fingerprint density at radius 1 is 0.696 bits per heavy atom. The van der Waals surface area contributed by atoms with Crippen LogP contribution in [0.25, 0.3) is 32.3 Å². The number of benzene rings is 6. The summed E-state index contributed by atoms with van der Waals surface area (Å²) in [5.41, 5.74) is 9.84. The zero-order valence-electron chi connectivity index (χ0n) is 25.2. The monoisotopic (exact) mass is 605 g/mol. The van der Waals surface area contributed by atoms with Gasteiger partial charge in [-0.25, -0.2) is 4.90 Å². The zero-order valence-corrected chi connectivity index (χ0v) is 25.2. The van der Waals surface area contributed by atoms with Crippen LogP contribution in [-0.2, 0) is 32.2 Å². The van der Waals surface area contributed by atoms with Crippen LogP contribution in [0.15, 0.2) is 115 Å². The minimum atomic E-state index is -0.982. The summed E-state index contributed by atoms with van der Waals surface area (Å²) in [5.74, 6) is -1.80. The number of hydrogen-bond donors (Lipinski definition) is 1. The van der Waals surface area contributed by atoms with Crippen LogP contribution in [0, 0.1) is 12.8 Å². The van der Waals surface area contributed by atoms with Gasteiger partial charge in [0.1, 0.15) is 0 Å². The third-order valence-corrected chi connectivity index (χ3v) is 9.48. The number of hydrogen-bond acceptors (Lipinski definition) is 5. The Morgan fingerprint density at radius 3 is 1.91 bits per heavy atom. The summed E-state index contributed by atoms with van der Waals surface area (Å²) in [7, 11) is 0. The van der Waals surface area contributed by atoms with Gasteiger partial charge in [0, 0.05) is 11.9 Å². The highest BCUT2D eigenvalue weighted by Gasteiger charge is 2.60. The van der Waals surface area contributed by atoms with Crippen molar-refractivity contribution in [3.63, 3.8) is 0 Å². The van der Waals surface area contributed by atoms with Crippen molar-refractivity contribution >= 4 is 55.7 Å². The summed E-state index contributed by atoms with van der Waals surface area (Å²) >= 11 is 0. The van der Waals surface area contributed by atoms with Crippen LogP contribution >= 0.6 is 0 Å². The van der Waals surface area contributed by atoms with E-state index in [1.54, 1.807) is 0 Å². The van der Waals surface area contributed by atoms with E-state index in [1.165, 1.54) is 4.90 Å². The molecule has 2 aliphatic rings. The molecule has 2 heterocycles. The lowest BCUT2D eigenvalue weighted by molar-refractivity contribution is -0.177. The number of anilines is 1. The van der Waals surface area contributed by atoms with E-state index >= 15 is 0 Å². The Balaban J connectivity index is 1.30. The molecule has 2 saturated heterocycles. The lowest BCUT2D eigenvalue weighted by atomic mass is 9.83. The van der Waals surface area contributed by atoms with Gasteiger partial charge in [-0.3, -0.25) is 19.2 Å². The number of rotatable bonds is 6. The van der Waals surface area contributed by atoms with Crippen LogP contribution in [0.5, 0.6) is 0 Å². The maximum absolute atomic E-state index is 14.7. The van der Waals surface area contributed by atoms with Crippen molar-refractivity contribution in [1.82, 2.24) is 5.06 Å². The minimum Gasteiger partial charge on any atom is -0.369 e. The van der Waals surface area contributed by atoms with Crippen molar-refractivity contribution in [2.75, 3.05) is 4.90 Å². The van der Waals surface area contributed by atoms with Gasteiger partial charge in [-0.1, -0.05) is 109 Å². The molecule has 0 spiro atoms. The number of carbonyl (C=O) groups excluding carboxylic acids is 3. The molecule has 226 valence electrons. The van der Waals surface area contributed by atoms with Gasteiger partial charge in [0.25, 0.3) is 5.91 Å². The maximum atomic E-state index is 14.7. The first-order valence-electron chi connectivity index (χ1n) is 15.5. The Morgan fingerprint density at radius 2 is 1.26 bits per heavy atom. The van der Waals surface area contributed by atoms with Crippen molar-refractivity contribution in [3.05, 3.63) is 138 Å². The lowest BCUT2D eigenvalue weighted by Crippen LogP contribution is -2.37. The van der Waals surface area contributed by atoms with Gasteiger partial charge >= 0.3 is 0 Å². The Bertz CT molecular complexity index is 2150. The molecule has 6 aromatic carbocycles. The SMILES string of the molecule is Cc1c2ccccc2c(C2C3C(=O)N(c4cccc5ccccc45)C(=O)C3ON2Cc2ccc(CC(N)=O)cc2)c2ccccc12. The molecule has 8 rings (SSSR count). The first kappa shape index (κ1) is 28.1. The molecule has 6 aromatic rings. The topological polar surface area (TPSA) is 92.9 Å². The van der Waals surface area contributed by atoms with Crippen LogP contribution < -0.4 is 10.6 Å². The van der Waals surface area contributed by atoms with E-state index in [0.29, 0.717) is 12.2 Å². The second-order valence-electron chi connectivity index (χ2n) is 12.2. The highest BCUT2D eigenvalue weighted by atomic mass is 16.7. The molecule has 0 bridgehead atoms. The summed E-state index contributed by atoms with van der Waals surface area (Å²) in [6, 6.07) is 37.0. The van der Waals surface area contributed by atoms with Crippen LogP contribution in [-0.4, -0.2) is 28.9 Å². The highest BCUT2D eigenvalue weighted by molar-refractivity contribution is 6.26. The number of imide groups is 1. The van der Waals surface area contributed by atoms with Gasteiger partial charge < -0.3 is 5.73 Å². The van der Waals surface area contributed by atoms with E-state index in [4.69, 9.17) is 10.6 Å². The molecule has 3 amide bonds. The fraction of sp³-hybridized carbons (Fsp3) is 0.154. The van der Waals surface area contributed by atoms with Crippen molar-refractivity contribution < 1.29 is 19.2 Å². The normalized spacial score (nSPS) is 19.8. The van der Waals surface area contributed by atoms with Crippen molar-refractivity contribution in [3.8, 4) is 0 Å². The lowest BCUT2D eigenvalue weighted by Gasteiger charge is -2.30. The smallest absolute Gasteiger partial charge is 0.265 e. The molecule has 0 aliphatic carbocycles.